The fraction of sp³-hybridized carbons (Fsp3) is 0.500. The third-order valence-corrected chi connectivity index (χ3v) is 4.47. The Balaban J connectivity index is 2.18. The Morgan fingerprint density at radius 2 is 2.21 bits per heavy atom. The zero-order chi connectivity index (χ0) is 13.8. The highest BCUT2D eigenvalue weighted by atomic mass is 79.9. The minimum atomic E-state index is 0.104. The number of carbonyl (C=O) groups excluding carboxylic acids is 1. The van der Waals surface area contributed by atoms with Gasteiger partial charge in [-0.3, -0.25) is 4.79 Å². The van der Waals surface area contributed by atoms with Crippen LogP contribution in [-0.4, -0.2) is 35.8 Å². The first-order valence-electron chi connectivity index (χ1n) is 6.38. The van der Waals surface area contributed by atoms with Gasteiger partial charge in [-0.25, -0.2) is 0 Å². The fourth-order valence-corrected chi connectivity index (χ4v) is 3.13. The Labute approximate surface area is 130 Å². The summed E-state index contributed by atoms with van der Waals surface area (Å²) in [5.41, 5.74) is 0.709. The minimum Gasteiger partial charge on any atom is -0.496 e. The zero-order valence-electron chi connectivity index (χ0n) is 10.9. The number of amides is 1. The molecule has 1 aliphatic carbocycles. The van der Waals surface area contributed by atoms with Crippen LogP contribution in [0.25, 0.3) is 0 Å². The lowest BCUT2D eigenvalue weighted by atomic mass is 9.91. The second kappa shape index (κ2) is 6.75. The van der Waals surface area contributed by atoms with Gasteiger partial charge in [0, 0.05) is 23.5 Å². The highest BCUT2D eigenvalue weighted by molar-refractivity contribution is 9.10. The van der Waals surface area contributed by atoms with Crippen LogP contribution in [0.3, 0.4) is 0 Å². The average Bonchev–Trinajstić information content (AvgIpc) is 2.35. The van der Waals surface area contributed by atoms with Gasteiger partial charge in [-0.2, -0.15) is 0 Å². The molecule has 1 aromatic carbocycles. The quantitative estimate of drug-likeness (QED) is 0.714. The number of hydrogen-bond acceptors (Lipinski definition) is 2. The Morgan fingerprint density at radius 1 is 1.47 bits per heavy atom. The zero-order valence-corrected chi connectivity index (χ0v) is 14.0. The van der Waals surface area contributed by atoms with Crippen molar-refractivity contribution < 1.29 is 9.53 Å². The van der Waals surface area contributed by atoms with Crippen molar-refractivity contribution in [2.45, 2.75) is 25.3 Å². The standard InChI is InChI=1S/C14H17Br2NO2/c1-19-13-6-5-10(9-12(13)16)14(18)17(8-7-15)11-3-2-4-11/h5-6,9,11H,2-4,7-8H2,1H3. The molecule has 3 nitrogen and oxygen atoms in total. The molecule has 5 heteroatoms. The van der Waals surface area contributed by atoms with Crippen molar-refractivity contribution >= 4 is 37.8 Å². The molecule has 0 radical (unpaired) electrons. The van der Waals surface area contributed by atoms with Gasteiger partial charge in [-0.1, -0.05) is 15.9 Å². The Morgan fingerprint density at radius 3 is 2.68 bits per heavy atom. The molecule has 0 bridgehead atoms. The van der Waals surface area contributed by atoms with Crippen LogP contribution in [0.15, 0.2) is 22.7 Å². The van der Waals surface area contributed by atoms with Gasteiger partial charge in [-0.15, -0.1) is 0 Å². The van der Waals surface area contributed by atoms with Gasteiger partial charge in [0.2, 0.25) is 0 Å². The van der Waals surface area contributed by atoms with E-state index >= 15 is 0 Å². The molecule has 0 unspecified atom stereocenters. The molecule has 1 fully saturated rings. The topological polar surface area (TPSA) is 29.5 Å². The van der Waals surface area contributed by atoms with Crippen molar-refractivity contribution in [3.63, 3.8) is 0 Å². The lowest BCUT2D eigenvalue weighted by molar-refractivity contribution is 0.0599. The minimum absolute atomic E-state index is 0.104. The van der Waals surface area contributed by atoms with Gasteiger partial charge in [0.05, 0.1) is 11.6 Å². The molecular weight excluding hydrogens is 374 g/mol. The molecule has 1 saturated carbocycles. The van der Waals surface area contributed by atoms with E-state index in [0.717, 1.165) is 34.9 Å². The number of benzene rings is 1. The predicted molar refractivity (Wildman–Crippen MR) is 83.2 cm³/mol. The molecule has 104 valence electrons. The summed E-state index contributed by atoms with van der Waals surface area (Å²) < 4.78 is 6.00. The van der Waals surface area contributed by atoms with Crippen LogP contribution >= 0.6 is 31.9 Å². The highest BCUT2D eigenvalue weighted by Crippen LogP contribution is 2.29. The van der Waals surface area contributed by atoms with Crippen molar-refractivity contribution in [2.75, 3.05) is 19.0 Å². The molecule has 0 heterocycles. The number of carbonyl (C=O) groups is 1. The number of alkyl halides is 1. The summed E-state index contributed by atoms with van der Waals surface area (Å²) in [6, 6.07) is 5.89. The van der Waals surface area contributed by atoms with Gasteiger partial charge in [0.25, 0.3) is 5.91 Å². The lowest BCUT2D eigenvalue weighted by Gasteiger charge is -2.37. The van der Waals surface area contributed by atoms with Crippen molar-refractivity contribution in [3.8, 4) is 5.75 Å². The van der Waals surface area contributed by atoms with Crippen LogP contribution in [0.4, 0.5) is 0 Å². The third kappa shape index (κ3) is 3.31. The van der Waals surface area contributed by atoms with Crippen LogP contribution in [-0.2, 0) is 0 Å². The molecule has 0 atom stereocenters. The largest absolute Gasteiger partial charge is 0.496 e. The molecule has 0 N–H and O–H groups in total. The van der Waals surface area contributed by atoms with Crippen LogP contribution in [0.2, 0.25) is 0 Å². The second-order valence-electron chi connectivity index (χ2n) is 4.62. The molecule has 2 rings (SSSR count). The van der Waals surface area contributed by atoms with Crippen molar-refractivity contribution in [2.24, 2.45) is 0 Å². The number of nitrogens with zero attached hydrogens (tertiary/aromatic N) is 1. The fourth-order valence-electron chi connectivity index (χ4n) is 2.20. The van der Waals surface area contributed by atoms with E-state index in [1.165, 1.54) is 6.42 Å². The van der Waals surface area contributed by atoms with E-state index < -0.39 is 0 Å². The van der Waals surface area contributed by atoms with Gasteiger partial charge in [0.1, 0.15) is 5.75 Å². The number of ether oxygens (including phenoxy) is 1. The first-order chi connectivity index (χ1) is 9.17. The molecular formula is C14H17Br2NO2. The third-order valence-electron chi connectivity index (χ3n) is 3.50. The van der Waals surface area contributed by atoms with E-state index in [1.54, 1.807) is 7.11 Å². The summed E-state index contributed by atoms with van der Waals surface area (Å²) in [7, 11) is 1.62. The Hall–Kier alpha value is -0.550. The molecule has 1 aromatic rings. The Kier molecular flexibility index (Phi) is 5.28. The summed E-state index contributed by atoms with van der Waals surface area (Å²) in [6.07, 6.45) is 3.47. The molecule has 0 aliphatic heterocycles. The monoisotopic (exact) mass is 389 g/mol. The van der Waals surface area contributed by atoms with Gasteiger partial charge in [-0.05, 0) is 53.4 Å². The Bertz CT molecular complexity index is 461. The van der Waals surface area contributed by atoms with Gasteiger partial charge < -0.3 is 9.64 Å². The van der Waals surface area contributed by atoms with E-state index in [2.05, 4.69) is 31.9 Å². The molecule has 0 spiro atoms. The summed E-state index contributed by atoms with van der Waals surface area (Å²) in [6.45, 7) is 0.757. The van der Waals surface area contributed by atoms with E-state index in [-0.39, 0.29) is 5.91 Å². The van der Waals surface area contributed by atoms with Crippen LogP contribution in [0.1, 0.15) is 29.6 Å². The van der Waals surface area contributed by atoms with E-state index in [4.69, 9.17) is 4.74 Å². The molecule has 1 amide bonds. The van der Waals surface area contributed by atoms with Crippen molar-refractivity contribution in [3.05, 3.63) is 28.2 Å². The number of halogens is 2. The average molecular weight is 391 g/mol. The summed E-state index contributed by atoms with van der Waals surface area (Å²) in [5, 5.41) is 0.812. The van der Waals surface area contributed by atoms with Gasteiger partial charge in [0.15, 0.2) is 0 Å². The number of methoxy groups -OCH3 is 1. The number of hydrogen-bond donors (Lipinski definition) is 0. The van der Waals surface area contributed by atoms with Crippen molar-refractivity contribution in [1.29, 1.82) is 0 Å². The summed E-state index contributed by atoms with van der Waals surface area (Å²) in [4.78, 5) is 14.5. The summed E-state index contributed by atoms with van der Waals surface area (Å²) >= 11 is 6.85. The molecule has 0 aromatic heterocycles. The van der Waals surface area contributed by atoms with E-state index in [9.17, 15) is 4.79 Å². The first-order valence-corrected chi connectivity index (χ1v) is 8.29. The molecule has 1 aliphatic rings. The second-order valence-corrected chi connectivity index (χ2v) is 6.27. The van der Waals surface area contributed by atoms with Gasteiger partial charge >= 0.3 is 0 Å². The molecule has 0 saturated heterocycles. The maximum atomic E-state index is 12.6. The maximum absolute atomic E-state index is 12.6. The van der Waals surface area contributed by atoms with E-state index in [0.29, 0.717) is 11.6 Å². The maximum Gasteiger partial charge on any atom is 0.254 e. The van der Waals surface area contributed by atoms with Crippen LogP contribution in [0.5, 0.6) is 5.75 Å². The normalized spacial score (nSPS) is 14.9. The number of rotatable bonds is 5. The molecule has 19 heavy (non-hydrogen) atoms. The summed E-state index contributed by atoms with van der Waals surface area (Å²) in [5.74, 6) is 0.847. The van der Waals surface area contributed by atoms with Crippen LogP contribution in [0, 0.1) is 0 Å². The van der Waals surface area contributed by atoms with E-state index in [1.807, 2.05) is 23.1 Å². The highest BCUT2D eigenvalue weighted by Gasteiger charge is 2.29. The predicted octanol–water partition coefficient (Wildman–Crippen LogP) is 3.85. The smallest absolute Gasteiger partial charge is 0.254 e. The SMILES string of the molecule is COc1ccc(C(=O)N(CCBr)C2CCC2)cc1Br. The first kappa shape index (κ1) is 14.9. The lowest BCUT2D eigenvalue weighted by Crippen LogP contribution is -2.45. The van der Waals surface area contributed by atoms with Crippen LogP contribution < -0.4 is 4.74 Å². The van der Waals surface area contributed by atoms with Crippen molar-refractivity contribution in [1.82, 2.24) is 4.90 Å².